The maximum atomic E-state index is 12.6. The summed E-state index contributed by atoms with van der Waals surface area (Å²) in [7, 11) is 0. The minimum Gasteiger partial charge on any atom is -0.478 e. The van der Waals surface area contributed by atoms with E-state index in [0.717, 1.165) is 0 Å². The quantitative estimate of drug-likeness (QED) is 0.854. The first-order valence-corrected chi connectivity index (χ1v) is 8.55. The van der Waals surface area contributed by atoms with Gasteiger partial charge >= 0.3 is 5.97 Å². The van der Waals surface area contributed by atoms with Crippen molar-refractivity contribution in [1.82, 2.24) is 10.2 Å². The van der Waals surface area contributed by atoms with Crippen LogP contribution < -0.4 is 5.32 Å². The highest BCUT2D eigenvalue weighted by atomic mass is 32.2. The smallest absolute Gasteiger partial charge is 0.335 e. The van der Waals surface area contributed by atoms with Gasteiger partial charge in [-0.1, -0.05) is 19.9 Å². The second kappa shape index (κ2) is 7.50. The lowest BCUT2D eigenvalue weighted by Crippen LogP contribution is -2.48. The first kappa shape index (κ1) is 17.3. The van der Waals surface area contributed by atoms with Crippen molar-refractivity contribution in [3.8, 4) is 0 Å². The molecule has 2 N–H and O–H groups in total. The Labute approximate surface area is 139 Å². The van der Waals surface area contributed by atoms with Gasteiger partial charge < -0.3 is 15.3 Å². The number of amides is 2. The number of carbonyl (C=O) groups excluding carboxylic acids is 2. The van der Waals surface area contributed by atoms with Gasteiger partial charge in [0.25, 0.3) is 5.91 Å². The van der Waals surface area contributed by atoms with Crippen molar-refractivity contribution in [2.45, 2.75) is 19.9 Å². The van der Waals surface area contributed by atoms with E-state index in [-0.39, 0.29) is 22.9 Å². The highest BCUT2D eigenvalue weighted by molar-refractivity contribution is 7.99. The van der Waals surface area contributed by atoms with Crippen LogP contribution in [0.1, 0.15) is 34.6 Å². The molecule has 1 saturated heterocycles. The van der Waals surface area contributed by atoms with Crippen LogP contribution >= 0.6 is 11.8 Å². The van der Waals surface area contributed by atoms with Crippen molar-refractivity contribution in [3.63, 3.8) is 0 Å². The van der Waals surface area contributed by atoms with Gasteiger partial charge in [0.2, 0.25) is 5.91 Å². The van der Waals surface area contributed by atoms with Crippen molar-refractivity contribution < 1.29 is 19.5 Å². The molecule has 0 saturated carbocycles. The number of rotatable bonds is 5. The number of nitrogens with one attached hydrogen (secondary N) is 1. The monoisotopic (exact) mass is 336 g/mol. The van der Waals surface area contributed by atoms with E-state index >= 15 is 0 Å². The van der Waals surface area contributed by atoms with E-state index in [1.165, 1.54) is 34.9 Å². The number of benzene rings is 1. The van der Waals surface area contributed by atoms with Gasteiger partial charge in [-0.05, 0) is 24.1 Å². The lowest BCUT2D eigenvalue weighted by Gasteiger charge is -2.23. The van der Waals surface area contributed by atoms with Crippen LogP contribution in [0.15, 0.2) is 24.3 Å². The Morgan fingerprint density at radius 1 is 1.35 bits per heavy atom. The van der Waals surface area contributed by atoms with Gasteiger partial charge in [0.1, 0.15) is 6.04 Å². The predicted octanol–water partition coefficient (Wildman–Crippen LogP) is 1.67. The highest BCUT2D eigenvalue weighted by Crippen LogP contribution is 2.23. The number of carboxylic acid groups (broad SMARTS) is 1. The minimum absolute atomic E-state index is 0.0588. The molecular weight excluding hydrogens is 316 g/mol. The summed E-state index contributed by atoms with van der Waals surface area (Å²) >= 11 is 1.51. The van der Waals surface area contributed by atoms with Crippen LogP contribution in [0, 0.1) is 5.92 Å². The third kappa shape index (κ3) is 4.25. The summed E-state index contributed by atoms with van der Waals surface area (Å²) in [6.07, 6.45) is 0. The zero-order valence-electron chi connectivity index (χ0n) is 13.1. The molecule has 124 valence electrons. The molecule has 0 spiro atoms. The molecule has 0 aromatic heterocycles. The lowest BCUT2D eigenvalue weighted by atomic mass is 10.1. The van der Waals surface area contributed by atoms with Crippen molar-refractivity contribution in [2.24, 2.45) is 5.92 Å². The first-order valence-electron chi connectivity index (χ1n) is 7.40. The summed E-state index contributed by atoms with van der Waals surface area (Å²) in [4.78, 5) is 37.4. The summed E-state index contributed by atoms with van der Waals surface area (Å²) in [6, 6.07) is 5.37. The van der Waals surface area contributed by atoms with Crippen molar-refractivity contribution in [3.05, 3.63) is 35.4 Å². The van der Waals surface area contributed by atoms with Crippen molar-refractivity contribution in [1.29, 1.82) is 0 Å². The Hall–Kier alpha value is -2.02. The molecule has 0 aliphatic carbocycles. The van der Waals surface area contributed by atoms with Crippen molar-refractivity contribution in [2.75, 3.05) is 18.2 Å². The van der Waals surface area contributed by atoms with Crippen LogP contribution in [0.3, 0.4) is 0 Å². The average Bonchev–Trinajstić information content (AvgIpc) is 3.01. The van der Waals surface area contributed by atoms with Crippen LogP contribution in [0.4, 0.5) is 0 Å². The zero-order valence-corrected chi connectivity index (χ0v) is 13.9. The van der Waals surface area contributed by atoms with Gasteiger partial charge in [0.05, 0.1) is 11.4 Å². The van der Waals surface area contributed by atoms with Gasteiger partial charge in [-0.15, -0.1) is 11.8 Å². The summed E-state index contributed by atoms with van der Waals surface area (Å²) in [6.45, 7) is 4.57. The van der Waals surface area contributed by atoms with E-state index in [4.69, 9.17) is 5.11 Å². The van der Waals surface area contributed by atoms with E-state index < -0.39 is 12.0 Å². The van der Waals surface area contributed by atoms with Gasteiger partial charge in [0.15, 0.2) is 0 Å². The van der Waals surface area contributed by atoms with E-state index in [2.05, 4.69) is 5.32 Å². The largest absolute Gasteiger partial charge is 0.478 e. The summed E-state index contributed by atoms with van der Waals surface area (Å²) < 4.78 is 0. The molecule has 1 fully saturated rings. The lowest BCUT2D eigenvalue weighted by molar-refractivity contribution is -0.124. The fourth-order valence-electron chi connectivity index (χ4n) is 2.23. The molecule has 1 aromatic carbocycles. The van der Waals surface area contributed by atoms with E-state index in [1.54, 1.807) is 6.07 Å². The van der Waals surface area contributed by atoms with Crippen LogP contribution in [0.25, 0.3) is 0 Å². The predicted molar refractivity (Wildman–Crippen MR) is 88.5 cm³/mol. The Morgan fingerprint density at radius 2 is 2.04 bits per heavy atom. The Morgan fingerprint density at radius 3 is 2.70 bits per heavy atom. The fourth-order valence-corrected chi connectivity index (χ4v) is 3.39. The first-order chi connectivity index (χ1) is 10.9. The molecule has 1 aliphatic heterocycles. The van der Waals surface area contributed by atoms with Gasteiger partial charge in [0, 0.05) is 17.9 Å². The number of carboxylic acids is 1. The Kier molecular flexibility index (Phi) is 5.65. The summed E-state index contributed by atoms with van der Waals surface area (Å²) in [5.74, 6) is -0.246. The molecule has 1 atom stereocenters. The molecule has 0 radical (unpaired) electrons. The maximum absolute atomic E-state index is 12.6. The molecule has 1 unspecified atom stereocenters. The molecule has 1 aliphatic rings. The Bertz CT molecular complexity index is 618. The van der Waals surface area contributed by atoms with Crippen LogP contribution in [0.5, 0.6) is 0 Å². The van der Waals surface area contributed by atoms with Crippen LogP contribution in [0.2, 0.25) is 0 Å². The summed E-state index contributed by atoms with van der Waals surface area (Å²) in [5.41, 5.74) is 0.345. The number of hydrogen-bond acceptors (Lipinski definition) is 4. The number of thioether (sulfide) groups is 1. The number of hydrogen-bond donors (Lipinski definition) is 2. The second-order valence-corrected chi connectivity index (χ2v) is 6.82. The average molecular weight is 336 g/mol. The zero-order chi connectivity index (χ0) is 17.0. The SMILES string of the molecule is CC(C)CNC(=O)C1CSCN1C(=O)c1cccc(C(=O)O)c1. The molecule has 1 heterocycles. The van der Waals surface area contributed by atoms with E-state index in [1.807, 2.05) is 13.8 Å². The third-order valence-electron chi connectivity index (χ3n) is 3.49. The van der Waals surface area contributed by atoms with E-state index in [0.29, 0.717) is 24.1 Å². The number of nitrogens with zero attached hydrogens (tertiary/aromatic N) is 1. The van der Waals surface area contributed by atoms with Crippen LogP contribution in [-0.4, -0.2) is 52.0 Å². The molecule has 0 bridgehead atoms. The topological polar surface area (TPSA) is 86.7 Å². The second-order valence-electron chi connectivity index (χ2n) is 5.82. The number of carbonyl (C=O) groups is 3. The van der Waals surface area contributed by atoms with Crippen molar-refractivity contribution >= 4 is 29.5 Å². The molecular formula is C16H20N2O4S. The minimum atomic E-state index is -1.08. The molecule has 2 rings (SSSR count). The van der Waals surface area contributed by atoms with E-state index in [9.17, 15) is 14.4 Å². The van der Waals surface area contributed by atoms with Gasteiger partial charge in [-0.2, -0.15) is 0 Å². The molecule has 2 amide bonds. The third-order valence-corrected chi connectivity index (χ3v) is 4.50. The normalized spacial score (nSPS) is 17.3. The Balaban J connectivity index is 2.13. The van der Waals surface area contributed by atoms with Gasteiger partial charge in [-0.3, -0.25) is 9.59 Å². The molecule has 23 heavy (non-hydrogen) atoms. The van der Waals surface area contributed by atoms with Crippen LogP contribution in [-0.2, 0) is 4.79 Å². The highest BCUT2D eigenvalue weighted by Gasteiger charge is 2.35. The molecule has 7 heteroatoms. The maximum Gasteiger partial charge on any atom is 0.335 e. The molecule has 6 nitrogen and oxygen atoms in total. The standard InChI is InChI=1S/C16H20N2O4S/c1-10(2)7-17-14(19)13-8-23-9-18(13)15(20)11-4-3-5-12(6-11)16(21)22/h3-6,10,13H,7-9H2,1-2H3,(H,17,19)(H,21,22). The fraction of sp³-hybridized carbons (Fsp3) is 0.438. The molecule has 1 aromatic rings. The van der Waals surface area contributed by atoms with Gasteiger partial charge in [-0.25, -0.2) is 4.79 Å². The number of aromatic carboxylic acids is 1. The summed E-state index contributed by atoms with van der Waals surface area (Å²) in [5, 5.41) is 11.9.